The molecule has 0 amide bonds. The first-order valence-electron chi connectivity index (χ1n) is 12.9. The summed E-state index contributed by atoms with van der Waals surface area (Å²) >= 11 is 0. The van der Waals surface area contributed by atoms with E-state index >= 15 is 0 Å². The molecule has 1 unspecified atom stereocenters. The van der Waals surface area contributed by atoms with Crippen LogP contribution in [-0.2, 0) is 4.74 Å². The smallest absolute Gasteiger partial charge is 0.346 e. The highest BCUT2D eigenvalue weighted by molar-refractivity contribution is 5.92. The summed E-state index contributed by atoms with van der Waals surface area (Å²) in [5.41, 5.74) is 0.179. The number of benzene rings is 2. The molecule has 1 atom stereocenters. The maximum atomic E-state index is 14.5. The number of ether oxygens (including phenoxy) is 3. The second kappa shape index (κ2) is 15.9. The maximum absolute atomic E-state index is 14.5. The molecule has 2 rings (SSSR count). The fourth-order valence-electron chi connectivity index (χ4n) is 3.42. The van der Waals surface area contributed by atoms with E-state index in [1.807, 2.05) is 13.8 Å². The minimum atomic E-state index is -0.816. The van der Waals surface area contributed by atoms with Gasteiger partial charge in [0.2, 0.25) is 0 Å². The van der Waals surface area contributed by atoms with Gasteiger partial charge in [-0.25, -0.2) is 14.0 Å². The summed E-state index contributed by atoms with van der Waals surface area (Å²) in [5, 5.41) is 0. The quantitative estimate of drug-likeness (QED) is 0.138. The van der Waals surface area contributed by atoms with E-state index in [2.05, 4.69) is 6.92 Å². The van der Waals surface area contributed by atoms with Gasteiger partial charge in [0.25, 0.3) is 0 Å². The second-order valence-electron chi connectivity index (χ2n) is 8.99. The summed E-state index contributed by atoms with van der Waals surface area (Å²) in [7, 11) is 0. The molecule has 0 radical (unpaired) electrons. The highest BCUT2D eigenvalue weighted by Gasteiger charge is 2.16. The molecule has 0 aliphatic heterocycles. The molecule has 0 aliphatic rings. The first kappa shape index (κ1) is 28.3. The van der Waals surface area contributed by atoms with E-state index in [0.717, 1.165) is 19.3 Å². The number of halogens is 1. The Morgan fingerprint density at radius 1 is 0.829 bits per heavy atom. The van der Waals surface area contributed by atoms with Gasteiger partial charge in [0, 0.05) is 6.07 Å². The zero-order valence-corrected chi connectivity index (χ0v) is 21.3. The van der Waals surface area contributed by atoms with Gasteiger partial charge in [-0.3, -0.25) is 0 Å². The molecule has 0 saturated heterocycles. The molecule has 192 valence electrons. The number of hydrogen-bond acceptors (Lipinski definition) is 5. The molecule has 0 fully saturated rings. The highest BCUT2D eigenvalue weighted by atomic mass is 19.1. The molecule has 0 heterocycles. The zero-order chi connectivity index (χ0) is 25.5. The standard InChI is InChI=1S/C29H39FO5/c1-4-6-7-8-9-10-11-12-19-33-25-17-18-26(27(30)20-25)29(32)35-24-15-13-23(14-16-24)28(31)34-21-22(3)5-2/h13-18,20,22H,4-12,19,21H2,1-3H3. The lowest BCUT2D eigenvalue weighted by Gasteiger charge is -2.10. The van der Waals surface area contributed by atoms with Crippen LogP contribution in [0.1, 0.15) is 99.3 Å². The van der Waals surface area contributed by atoms with Crippen LogP contribution in [0.3, 0.4) is 0 Å². The molecule has 0 N–H and O–H groups in total. The Labute approximate surface area is 209 Å². The van der Waals surface area contributed by atoms with Crippen molar-refractivity contribution in [2.75, 3.05) is 13.2 Å². The van der Waals surface area contributed by atoms with Crippen LogP contribution in [0.15, 0.2) is 42.5 Å². The first-order chi connectivity index (χ1) is 16.9. The minimum Gasteiger partial charge on any atom is -0.493 e. The van der Waals surface area contributed by atoms with Gasteiger partial charge < -0.3 is 14.2 Å². The van der Waals surface area contributed by atoms with Crippen molar-refractivity contribution >= 4 is 11.9 Å². The summed E-state index contributed by atoms with van der Waals surface area (Å²) in [6.07, 6.45) is 10.5. The van der Waals surface area contributed by atoms with Crippen molar-refractivity contribution in [1.29, 1.82) is 0 Å². The lowest BCUT2D eigenvalue weighted by Crippen LogP contribution is -2.12. The third-order valence-electron chi connectivity index (χ3n) is 5.92. The molecule has 0 bridgehead atoms. The maximum Gasteiger partial charge on any atom is 0.346 e. The number of rotatable bonds is 16. The van der Waals surface area contributed by atoms with E-state index in [4.69, 9.17) is 14.2 Å². The van der Waals surface area contributed by atoms with Gasteiger partial charge >= 0.3 is 11.9 Å². The SMILES string of the molecule is CCCCCCCCCCOc1ccc(C(=O)Oc2ccc(C(=O)OCC(C)CC)cc2)c(F)c1. The van der Waals surface area contributed by atoms with Crippen LogP contribution in [-0.4, -0.2) is 25.2 Å². The van der Waals surface area contributed by atoms with Crippen LogP contribution >= 0.6 is 0 Å². The van der Waals surface area contributed by atoms with Gasteiger partial charge in [0.05, 0.1) is 24.3 Å². The molecular formula is C29H39FO5. The number of carbonyl (C=O) groups excluding carboxylic acids is 2. The Morgan fingerprint density at radius 3 is 2.09 bits per heavy atom. The molecule has 2 aromatic carbocycles. The Kier molecular flexibility index (Phi) is 12.9. The van der Waals surface area contributed by atoms with E-state index in [0.29, 0.717) is 24.5 Å². The van der Waals surface area contributed by atoms with Crippen molar-refractivity contribution in [3.63, 3.8) is 0 Å². The van der Waals surface area contributed by atoms with Gasteiger partial charge in [-0.2, -0.15) is 0 Å². The molecular weight excluding hydrogens is 447 g/mol. The van der Waals surface area contributed by atoms with Crippen LogP contribution < -0.4 is 9.47 Å². The minimum absolute atomic E-state index is 0.179. The summed E-state index contributed by atoms with van der Waals surface area (Å²) in [6.45, 7) is 7.12. The average molecular weight is 487 g/mol. The fraction of sp³-hybridized carbons (Fsp3) is 0.517. The van der Waals surface area contributed by atoms with Crippen molar-refractivity contribution in [3.05, 3.63) is 59.4 Å². The normalized spacial score (nSPS) is 11.7. The van der Waals surface area contributed by atoms with Crippen LogP contribution in [0.25, 0.3) is 0 Å². The van der Waals surface area contributed by atoms with E-state index in [9.17, 15) is 14.0 Å². The van der Waals surface area contributed by atoms with Crippen LogP contribution in [0.4, 0.5) is 4.39 Å². The van der Waals surface area contributed by atoms with Crippen LogP contribution in [0.2, 0.25) is 0 Å². The molecule has 2 aromatic rings. The van der Waals surface area contributed by atoms with E-state index in [-0.39, 0.29) is 17.2 Å². The molecule has 5 nitrogen and oxygen atoms in total. The lowest BCUT2D eigenvalue weighted by atomic mass is 10.1. The molecule has 0 aromatic heterocycles. The summed E-state index contributed by atoms with van der Waals surface area (Å²) < 4.78 is 30.6. The predicted octanol–water partition coefficient (Wildman–Crippen LogP) is 7.77. The van der Waals surface area contributed by atoms with Crippen molar-refractivity contribution in [1.82, 2.24) is 0 Å². The van der Waals surface area contributed by atoms with Crippen LogP contribution in [0, 0.1) is 11.7 Å². The van der Waals surface area contributed by atoms with Crippen molar-refractivity contribution in [2.24, 2.45) is 5.92 Å². The number of unbranched alkanes of at least 4 members (excludes halogenated alkanes) is 7. The van der Waals surface area contributed by atoms with Crippen molar-refractivity contribution in [3.8, 4) is 11.5 Å². The molecule has 0 aliphatic carbocycles. The molecule has 35 heavy (non-hydrogen) atoms. The number of carbonyl (C=O) groups is 2. The predicted molar refractivity (Wildman–Crippen MR) is 136 cm³/mol. The van der Waals surface area contributed by atoms with E-state index < -0.39 is 17.8 Å². The third-order valence-corrected chi connectivity index (χ3v) is 5.92. The van der Waals surface area contributed by atoms with Gasteiger partial charge in [0.1, 0.15) is 17.3 Å². The molecule has 0 saturated carbocycles. The van der Waals surface area contributed by atoms with Gasteiger partial charge in [-0.15, -0.1) is 0 Å². The van der Waals surface area contributed by atoms with Gasteiger partial charge in [0.15, 0.2) is 0 Å². The Bertz CT molecular complexity index is 910. The lowest BCUT2D eigenvalue weighted by molar-refractivity contribution is 0.0447. The van der Waals surface area contributed by atoms with Crippen molar-refractivity contribution in [2.45, 2.75) is 78.6 Å². The third kappa shape index (κ3) is 10.5. The number of hydrogen-bond donors (Lipinski definition) is 0. The first-order valence-corrected chi connectivity index (χ1v) is 12.9. The van der Waals surface area contributed by atoms with Crippen LogP contribution in [0.5, 0.6) is 11.5 Å². The summed E-state index contributed by atoms with van der Waals surface area (Å²) in [6, 6.07) is 10.1. The van der Waals surface area contributed by atoms with E-state index in [1.54, 1.807) is 6.07 Å². The summed E-state index contributed by atoms with van der Waals surface area (Å²) in [5.74, 6) is -1.06. The van der Waals surface area contributed by atoms with Gasteiger partial charge in [-0.1, -0.05) is 72.1 Å². The Balaban J connectivity index is 1.77. The second-order valence-corrected chi connectivity index (χ2v) is 8.99. The molecule has 6 heteroatoms. The largest absolute Gasteiger partial charge is 0.493 e. The monoisotopic (exact) mass is 486 g/mol. The zero-order valence-electron chi connectivity index (χ0n) is 21.3. The Morgan fingerprint density at radius 2 is 1.46 bits per heavy atom. The number of esters is 2. The summed E-state index contributed by atoms with van der Waals surface area (Å²) in [4.78, 5) is 24.5. The fourth-order valence-corrected chi connectivity index (χ4v) is 3.42. The van der Waals surface area contributed by atoms with Crippen molar-refractivity contribution < 1.29 is 28.2 Å². The van der Waals surface area contributed by atoms with E-state index in [1.165, 1.54) is 74.9 Å². The highest BCUT2D eigenvalue weighted by Crippen LogP contribution is 2.20. The van der Waals surface area contributed by atoms with Gasteiger partial charge in [-0.05, 0) is 48.7 Å². The Hall–Kier alpha value is -2.89. The average Bonchev–Trinajstić information content (AvgIpc) is 2.86. The molecule has 0 spiro atoms. The topological polar surface area (TPSA) is 61.8 Å².